The number of carbonyl (C=O) groups excluding carboxylic acids is 1. The molecule has 0 heterocycles. The van der Waals surface area contributed by atoms with Gasteiger partial charge in [-0.25, -0.2) is 4.79 Å². The highest BCUT2D eigenvalue weighted by Gasteiger charge is 2.53. The van der Waals surface area contributed by atoms with E-state index in [9.17, 15) is 9.90 Å². The molecule has 3 aromatic rings. The van der Waals surface area contributed by atoms with Crippen molar-refractivity contribution in [2.24, 2.45) is 5.92 Å². The van der Waals surface area contributed by atoms with Gasteiger partial charge < -0.3 is 5.11 Å². The van der Waals surface area contributed by atoms with Crippen molar-refractivity contribution >= 4 is 24.3 Å². The first-order chi connectivity index (χ1) is 15.5. The van der Waals surface area contributed by atoms with E-state index in [4.69, 9.17) is 9.05 Å². The van der Waals surface area contributed by atoms with Crippen molar-refractivity contribution in [1.29, 1.82) is 0 Å². The number of hydrogen-bond donors (Lipinski definition) is 1. The molecule has 0 saturated carbocycles. The summed E-state index contributed by atoms with van der Waals surface area (Å²) < 4.78 is 13.1. The summed E-state index contributed by atoms with van der Waals surface area (Å²) in [5.74, 6) is -0.647. The topological polar surface area (TPSA) is 55.8 Å². The van der Waals surface area contributed by atoms with Gasteiger partial charge in [-0.3, -0.25) is 4.52 Å². The molecule has 3 unspecified atom stereocenters. The van der Waals surface area contributed by atoms with Crippen molar-refractivity contribution < 1.29 is 18.9 Å². The minimum Gasteiger partial charge on any atom is -0.393 e. The molecule has 5 heteroatoms. The Bertz CT molecular complexity index is 950. The molecule has 3 aromatic carbocycles. The Hall–Kier alpha value is -2.78. The molecule has 3 atom stereocenters. The van der Waals surface area contributed by atoms with Gasteiger partial charge in [0.05, 0.1) is 11.7 Å². The summed E-state index contributed by atoms with van der Waals surface area (Å²) in [7, 11) is -3.09. The normalized spacial score (nSPS) is 14.2. The fourth-order valence-corrected chi connectivity index (χ4v) is 6.56. The Labute approximate surface area is 191 Å². The Morgan fingerprint density at radius 3 is 1.81 bits per heavy atom. The Morgan fingerprint density at radius 1 is 0.906 bits per heavy atom. The highest BCUT2D eigenvalue weighted by Crippen LogP contribution is 2.60. The molecule has 0 spiro atoms. The maximum absolute atomic E-state index is 13.3. The van der Waals surface area contributed by atoms with Gasteiger partial charge in [-0.05, 0) is 56.7 Å². The molecule has 0 aliphatic heterocycles. The monoisotopic (exact) mass is 449 g/mol. The number of benzene rings is 3. The smallest absolute Gasteiger partial charge is 0.391 e. The second kappa shape index (κ2) is 11.2. The van der Waals surface area contributed by atoms with Crippen LogP contribution in [0.2, 0.25) is 0 Å². The molecule has 32 heavy (non-hydrogen) atoms. The third kappa shape index (κ3) is 5.52. The zero-order valence-electron chi connectivity index (χ0n) is 18.5. The van der Waals surface area contributed by atoms with E-state index in [1.165, 1.54) is 0 Å². The molecule has 0 fully saturated rings. The maximum atomic E-state index is 13.3. The number of hydrogen-bond acceptors (Lipinski definition) is 4. The van der Waals surface area contributed by atoms with Gasteiger partial charge in [0.15, 0.2) is 10.6 Å². The van der Waals surface area contributed by atoms with Crippen molar-refractivity contribution in [2.45, 2.75) is 32.5 Å². The number of carbonyl (C=O) groups is 1. The average Bonchev–Trinajstić information content (AvgIpc) is 2.83. The van der Waals surface area contributed by atoms with Crippen molar-refractivity contribution in [3.05, 3.63) is 109 Å². The largest absolute Gasteiger partial charge is 0.393 e. The summed E-state index contributed by atoms with van der Waals surface area (Å²) in [6, 6.07) is 28.1. The molecule has 0 amide bonds. The average molecular weight is 450 g/mol. The summed E-state index contributed by atoms with van der Waals surface area (Å²) >= 11 is 0. The summed E-state index contributed by atoms with van der Waals surface area (Å²) in [6.07, 6.45) is 1.35. The van der Waals surface area contributed by atoms with Crippen LogP contribution in [-0.2, 0) is 9.05 Å². The lowest BCUT2D eigenvalue weighted by molar-refractivity contribution is 0.0414. The summed E-state index contributed by atoms with van der Waals surface area (Å²) in [5.41, 5.74) is 0.457. The van der Waals surface area contributed by atoms with Gasteiger partial charge >= 0.3 is 13.7 Å². The lowest BCUT2D eigenvalue weighted by Gasteiger charge is -2.30. The third-order valence-electron chi connectivity index (χ3n) is 5.39. The second-order valence-electron chi connectivity index (χ2n) is 7.71. The van der Waals surface area contributed by atoms with E-state index in [0.717, 1.165) is 10.6 Å². The first kappa shape index (κ1) is 23.9. The summed E-state index contributed by atoms with van der Waals surface area (Å²) in [4.78, 5) is 13.3. The molecule has 3 rings (SSSR count). The van der Waals surface area contributed by atoms with E-state index >= 15 is 0 Å². The minimum atomic E-state index is -3.09. The van der Waals surface area contributed by atoms with Crippen LogP contribution in [0.5, 0.6) is 0 Å². The van der Waals surface area contributed by atoms with Gasteiger partial charge in [0.25, 0.3) is 0 Å². The second-order valence-corrected chi connectivity index (χ2v) is 10.2. The fraction of sp³-hybridized carbons (Fsp3) is 0.222. The van der Waals surface area contributed by atoms with Crippen LogP contribution in [0, 0.1) is 5.92 Å². The van der Waals surface area contributed by atoms with Gasteiger partial charge in [0, 0.05) is 5.92 Å². The van der Waals surface area contributed by atoms with Crippen LogP contribution in [0.1, 0.15) is 30.6 Å². The van der Waals surface area contributed by atoms with Gasteiger partial charge in [0.2, 0.25) is 0 Å². The minimum absolute atomic E-state index is 0.199. The maximum Gasteiger partial charge on any atom is 0.391 e. The predicted octanol–water partition coefficient (Wildman–Crippen LogP) is 5.32. The van der Waals surface area contributed by atoms with E-state index in [1.54, 1.807) is 37.3 Å². The van der Waals surface area contributed by atoms with Crippen molar-refractivity contribution in [3.8, 4) is 0 Å². The Balaban J connectivity index is 2.13. The first-order valence-corrected chi connectivity index (χ1v) is 12.4. The van der Waals surface area contributed by atoms with Gasteiger partial charge in [-0.15, -0.1) is 6.58 Å². The van der Waals surface area contributed by atoms with E-state index in [2.05, 4.69) is 6.58 Å². The molecule has 0 radical (unpaired) electrons. The standard InChI is InChI=1S/C27H30O4P/c1-4-14-26(21(2)28)22(3)30-32(24-17-10-6-11-18-24,25-19-12-7-13-20-25)31-27(29)23-15-8-5-9-16-23/h4-13,15-22,26,28H,1,14H2,2-3H3/q+1. The molecular weight excluding hydrogens is 419 g/mol. The predicted molar refractivity (Wildman–Crippen MR) is 131 cm³/mol. The van der Waals surface area contributed by atoms with Crippen molar-refractivity contribution in [1.82, 2.24) is 0 Å². The molecule has 4 nitrogen and oxygen atoms in total. The highest BCUT2D eigenvalue weighted by atomic mass is 31.2. The van der Waals surface area contributed by atoms with Crippen LogP contribution in [0.4, 0.5) is 0 Å². The van der Waals surface area contributed by atoms with Crippen LogP contribution in [0.3, 0.4) is 0 Å². The quantitative estimate of drug-likeness (QED) is 0.336. The van der Waals surface area contributed by atoms with Crippen LogP contribution in [-0.4, -0.2) is 23.3 Å². The van der Waals surface area contributed by atoms with E-state index in [-0.39, 0.29) is 5.92 Å². The highest BCUT2D eigenvalue weighted by molar-refractivity contribution is 7.81. The van der Waals surface area contributed by atoms with Crippen molar-refractivity contribution in [3.63, 3.8) is 0 Å². The summed E-state index contributed by atoms with van der Waals surface area (Å²) in [5, 5.41) is 12.0. The zero-order chi connectivity index (χ0) is 23.0. The Kier molecular flexibility index (Phi) is 8.35. The van der Waals surface area contributed by atoms with E-state index in [1.807, 2.05) is 73.7 Å². The third-order valence-corrected chi connectivity index (χ3v) is 8.40. The van der Waals surface area contributed by atoms with Gasteiger partial charge in [-0.1, -0.05) is 60.7 Å². The zero-order valence-corrected chi connectivity index (χ0v) is 19.4. The molecule has 166 valence electrons. The van der Waals surface area contributed by atoms with Crippen LogP contribution in [0.25, 0.3) is 0 Å². The molecule has 0 aliphatic rings. The molecule has 1 N–H and O–H groups in total. The van der Waals surface area contributed by atoms with E-state index < -0.39 is 25.9 Å². The molecule has 0 saturated heterocycles. The molecule has 0 aliphatic carbocycles. The van der Waals surface area contributed by atoms with Crippen LogP contribution >= 0.6 is 7.72 Å². The number of rotatable bonds is 10. The number of aliphatic hydroxyl groups is 1. The van der Waals surface area contributed by atoms with Crippen LogP contribution < -0.4 is 10.6 Å². The van der Waals surface area contributed by atoms with E-state index in [0.29, 0.717) is 12.0 Å². The first-order valence-electron chi connectivity index (χ1n) is 10.7. The fourth-order valence-electron chi connectivity index (χ4n) is 3.68. The molecule has 0 bridgehead atoms. The van der Waals surface area contributed by atoms with Crippen molar-refractivity contribution in [2.75, 3.05) is 0 Å². The van der Waals surface area contributed by atoms with Crippen LogP contribution in [0.15, 0.2) is 104 Å². The SMILES string of the molecule is C=CCC(C(C)O)C(C)O[P+](OC(=O)c1ccccc1)(c1ccccc1)c1ccccc1. The molecular formula is C27H30O4P+. The molecule has 0 aromatic heterocycles. The van der Waals surface area contributed by atoms with Gasteiger partial charge in [0.1, 0.15) is 6.10 Å². The number of aliphatic hydroxyl groups excluding tert-OH is 1. The Morgan fingerprint density at radius 2 is 1.38 bits per heavy atom. The lowest BCUT2D eigenvalue weighted by Crippen LogP contribution is -2.36. The summed E-state index contributed by atoms with van der Waals surface area (Å²) in [6.45, 7) is 7.48. The lowest BCUT2D eigenvalue weighted by atomic mass is 9.94. The van der Waals surface area contributed by atoms with Gasteiger partial charge in [-0.2, -0.15) is 4.52 Å². The number of allylic oxidation sites excluding steroid dienone is 1.